The molecule has 15 heteroatoms. The van der Waals surface area contributed by atoms with Gasteiger partial charge in [0, 0.05) is 36.6 Å². The molecule has 1 atom stereocenters. The Kier molecular flexibility index (Phi) is 7.75. The van der Waals surface area contributed by atoms with Gasteiger partial charge in [-0.25, -0.2) is 27.8 Å². The molecule has 0 aliphatic rings. The number of benzene rings is 2. The maximum Gasteiger partial charge on any atom is 0.352 e. The van der Waals surface area contributed by atoms with Crippen LogP contribution >= 0.6 is 0 Å². The van der Waals surface area contributed by atoms with Crippen molar-refractivity contribution in [3.63, 3.8) is 0 Å². The monoisotopic (exact) mass is 578 g/mol. The lowest BCUT2D eigenvalue weighted by Gasteiger charge is -2.13. The van der Waals surface area contributed by atoms with Crippen molar-refractivity contribution in [2.45, 2.75) is 26.4 Å². The number of anilines is 2. The van der Waals surface area contributed by atoms with E-state index in [0.29, 0.717) is 21.4 Å². The second kappa shape index (κ2) is 11.6. The quantitative estimate of drug-likeness (QED) is 0.205. The van der Waals surface area contributed by atoms with Crippen LogP contribution in [0.2, 0.25) is 0 Å². The van der Waals surface area contributed by atoms with Gasteiger partial charge in [-0.05, 0) is 50.2 Å². The molecule has 13 nitrogen and oxygen atoms in total. The minimum absolute atomic E-state index is 0.0176. The minimum atomic E-state index is -1.03. The third kappa shape index (κ3) is 5.44. The Hall–Kier alpha value is -5.44. The van der Waals surface area contributed by atoms with Gasteiger partial charge in [-0.15, -0.1) is 0 Å². The lowest BCUT2D eigenvalue weighted by Crippen LogP contribution is -2.44. The van der Waals surface area contributed by atoms with E-state index in [1.165, 1.54) is 36.5 Å². The number of halogens is 2. The zero-order valence-corrected chi connectivity index (χ0v) is 22.3. The van der Waals surface area contributed by atoms with E-state index >= 15 is 4.39 Å². The van der Waals surface area contributed by atoms with E-state index in [-0.39, 0.29) is 42.1 Å². The molecule has 0 saturated carbocycles. The van der Waals surface area contributed by atoms with E-state index < -0.39 is 34.5 Å². The first-order valence-corrected chi connectivity index (χ1v) is 12.7. The molecule has 3 heterocycles. The Labute approximate surface area is 235 Å². The number of hydrogen-bond acceptors (Lipinski definition) is 9. The topological polar surface area (TPSA) is 169 Å². The van der Waals surface area contributed by atoms with Gasteiger partial charge in [0.2, 0.25) is 5.69 Å². The summed E-state index contributed by atoms with van der Waals surface area (Å²) in [5.41, 5.74) is -2.07. The average molecular weight is 579 g/mol. The summed E-state index contributed by atoms with van der Waals surface area (Å²) in [7, 11) is 0. The zero-order valence-electron chi connectivity index (χ0n) is 22.3. The van der Waals surface area contributed by atoms with Crippen LogP contribution in [0.3, 0.4) is 0 Å². The largest absolute Gasteiger partial charge is 0.453 e. The molecule has 0 bridgehead atoms. The number of aliphatic hydroxyl groups is 1. The van der Waals surface area contributed by atoms with Gasteiger partial charge in [-0.3, -0.25) is 14.7 Å². The molecule has 0 saturated heterocycles. The predicted molar refractivity (Wildman–Crippen MR) is 148 cm³/mol. The molecular formula is C27H24F2N8O5. The molecule has 0 radical (unpaired) electrons. The highest BCUT2D eigenvalue weighted by atomic mass is 19.1. The number of carbonyl (C=O) groups excluding carboxylic acids is 1. The van der Waals surface area contributed by atoms with Crippen molar-refractivity contribution in [2.24, 2.45) is 0 Å². The third-order valence-corrected chi connectivity index (χ3v) is 6.13. The smallest absolute Gasteiger partial charge is 0.352 e. The number of rotatable bonds is 9. The van der Waals surface area contributed by atoms with Gasteiger partial charge in [0.1, 0.15) is 17.0 Å². The third-order valence-electron chi connectivity index (χ3n) is 6.13. The molecule has 216 valence electrons. The second-order valence-corrected chi connectivity index (χ2v) is 9.10. The van der Waals surface area contributed by atoms with E-state index in [2.05, 4.69) is 30.9 Å². The standard InChI is InChI=1S/C27H24F2N8O5/c1-3-36-27(41)37(17-7-4-15(28)5-8-17)26(40)22(35-36)25(39)32-16-6-9-19(18(29)12-16)42-20-10-11-30-23-21(20)24(34-33-23)31-14(2)13-38/h4-12,14,38H,3,13H2,1-2H3,(H,32,39)(H2,30,31,33,34)/t14-/m0/s1. The number of amides is 1. The number of nitrogens with one attached hydrogen (secondary N) is 3. The molecule has 0 aliphatic carbocycles. The van der Waals surface area contributed by atoms with Gasteiger partial charge in [0.15, 0.2) is 23.0 Å². The van der Waals surface area contributed by atoms with Crippen molar-refractivity contribution >= 4 is 28.4 Å². The van der Waals surface area contributed by atoms with E-state index in [9.17, 15) is 23.9 Å². The predicted octanol–water partition coefficient (Wildman–Crippen LogP) is 2.80. The Balaban J connectivity index is 1.42. The fraction of sp³-hybridized carbons (Fsp3) is 0.185. The molecule has 0 spiro atoms. The highest BCUT2D eigenvalue weighted by Crippen LogP contribution is 2.34. The average Bonchev–Trinajstić information content (AvgIpc) is 3.39. The maximum absolute atomic E-state index is 15.1. The molecule has 0 unspecified atom stereocenters. The van der Waals surface area contributed by atoms with E-state index in [1.807, 2.05) is 0 Å². The highest BCUT2D eigenvalue weighted by molar-refractivity contribution is 6.02. The number of fused-ring (bicyclic) bond motifs is 1. The summed E-state index contributed by atoms with van der Waals surface area (Å²) in [6.45, 7) is 3.22. The number of aromatic amines is 1. The number of nitrogens with zero attached hydrogens (tertiary/aromatic N) is 5. The van der Waals surface area contributed by atoms with E-state index in [4.69, 9.17) is 4.74 Å². The Morgan fingerprint density at radius 1 is 1.12 bits per heavy atom. The van der Waals surface area contributed by atoms with Crippen molar-refractivity contribution in [2.75, 3.05) is 17.2 Å². The molecule has 3 aromatic heterocycles. The summed E-state index contributed by atoms with van der Waals surface area (Å²) in [4.78, 5) is 43.1. The number of pyridine rings is 1. The first-order chi connectivity index (χ1) is 20.2. The van der Waals surface area contributed by atoms with Gasteiger partial charge in [0.05, 0.1) is 12.3 Å². The van der Waals surface area contributed by atoms with Crippen LogP contribution in [0.4, 0.5) is 20.3 Å². The number of H-pyrrole nitrogens is 1. The van der Waals surface area contributed by atoms with Crippen LogP contribution in [0, 0.1) is 11.6 Å². The summed E-state index contributed by atoms with van der Waals surface area (Å²) >= 11 is 0. The molecule has 4 N–H and O–H groups in total. The molecule has 1 amide bonds. The number of carbonyl (C=O) groups is 1. The molecule has 2 aromatic carbocycles. The van der Waals surface area contributed by atoms with Gasteiger partial charge in [-0.1, -0.05) is 0 Å². The van der Waals surface area contributed by atoms with Crippen molar-refractivity contribution in [3.8, 4) is 17.2 Å². The van der Waals surface area contributed by atoms with Crippen LogP contribution in [0.25, 0.3) is 16.7 Å². The van der Waals surface area contributed by atoms with Crippen molar-refractivity contribution in [1.29, 1.82) is 0 Å². The first-order valence-electron chi connectivity index (χ1n) is 12.7. The van der Waals surface area contributed by atoms with Crippen LogP contribution in [-0.4, -0.2) is 53.2 Å². The minimum Gasteiger partial charge on any atom is -0.453 e. The normalized spacial score (nSPS) is 11.8. The summed E-state index contributed by atoms with van der Waals surface area (Å²) in [6, 6.07) is 9.39. The number of hydrogen-bond donors (Lipinski definition) is 4. The first kappa shape index (κ1) is 28.1. The number of aryl methyl sites for hydroxylation is 1. The van der Waals surface area contributed by atoms with E-state index in [0.717, 1.165) is 22.9 Å². The van der Waals surface area contributed by atoms with Crippen molar-refractivity contribution in [3.05, 3.63) is 92.9 Å². The Bertz CT molecular complexity index is 1900. The molecule has 5 aromatic rings. The highest BCUT2D eigenvalue weighted by Gasteiger charge is 2.21. The van der Waals surface area contributed by atoms with Gasteiger partial charge in [0.25, 0.3) is 11.5 Å². The van der Waals surface area contributed by atoms with Gasteiger partial charge < -0.3 is 20.5 Å². The SMILES string of the molecule is CCn1nc(C(=O)Nc2ccc(Oc3ccnc4[nH]nc(N[C@@H](C)CO)c34)c(F)c2)c(=O)n(-c2ccc(F)cc2)c1=O. The fourth-order valence-corrected chi connectivity index (χ4v) is 4.04. The zero-order chi connectivity index (χ0) is 30.0. The Morgan fingerprint density at radius 2 is 1.88 bits per heavy atom. The Morgan fingerprint density at radius 3 is 2.57 bits per heavy atom. The van der Waals surface area contributed by atoms with E-state index in [1.54, 1.807) is 13.8 Å². The van der Waals surface area contributed by atoms with Gasteiger partial charge >= 0.3 is 5.69 Å². The maximum atomic E-state index is 15.1. The lowest BCUT2D eigenvalue weighted by atomic mass is 10.2. The molecular weight excluding hydrogens is 554 g/mol. The number of aliphatic hydroxyl groups excluding tert-OH is 1. The molecule has 42 heavy (non-hydrogen) atoms. The molecule has 0 aliphatic heterocycles. The molecule has 0 fully saturated rings. The summed E-state index contributed by atoms with van der Waals surface area (Å²) < 4.78 is 35.9. The summed E-state index contributed by atoms with van der Waals surface area (Å²) in [6.07, 6.45) is 1.45. The van der Waals surface area contributed by atoms with Crippen LogP contribution in [0.15, 0.2) is 64.3 Å². The number of aromatic nitrogens is 6. The van der Waals surface area contributed by atoms with Crippen LogP contribution in [0.5, 0.6) is 11.5 Å². The van der Waals surface area contributed by atoms with Crippen LogP contribution < -0.4 is 26.6 Å². The van der Waals surface area contributed by atoms with Gasteiger partial charge in [-0.2, -0.15) is 10.2 Å². The number of ether oxygens (including phenoxy) is 1. The van der Waals surface area contributed by atoms with Crippen LogP contribution in [0.1, 0.15) is 24.3 Å². The summed E-state index contributed by atoms with van der Waals surface area (Å²) in [5.74, 6) is -2.01. The van der Waals surface area contributed by atoms with Crippen LogP contribution in [-0.2, 0) is 6.54 Å². The van der Waals surface area contributed by atoms with Crippen molar-refractivity contribution < 1.29 is 23.4 Å². The van der Waals surface area contributed by atoms with Crippen molar-refractivity contribution in [1.82, 2.24) is 29.5 Å². The summed E-state index contributed by atoms with van der Waals surface area (Å²) in [5, 5.41) is 26.0. The lowest BCUT2D eigenvalue weighted by molar-refractivity contribution is 0.101. The molecule has 5 rings (SSSR count). The second-order valence-electron chi connectivity index (χ2n) is 9.10. The fourth-order valence-electron chi connectivity index (χ4n) is 4.04.